The second kappa shape index (κ2) is 6.16. The molecule has 1 N–H and O–H groups in total. The van der Waals surface area contributed by atoms with Crippen molar-refractivity contribution < 1.29 is 8.78 Å². The summed E-state index contributed by atoms with van der Waals surface area (Å²) >= 11 is 1.18. The fourth-order valence-electron chi connectivity index (χ4n) is 2.00. The third-order valence-corrected chi connectivity index (χ3v) is 3.71. The highest BCUT2D eigenvalue weighted by atomic mass is 32.1. The molecular formula is C13H15F2N3S. The molecule has 0 aliphatic rings. The molecule has 1 aromatic carbocycles. The summed E-state index contributed by atoms with van der Waals surface area (Å²) in [6.45, 7) is 4.44. The molecule has 1 aromatic heterocycles. The Morgan fingerprint density at radius 2 is 1.95 bits per heavy atom. The Morgan fingerprint density at radius 1 is 1.26 bits per heavy atom. The van der Waals surface area contributed by atoms with Gasteiger partial charge in [0.2, 0.25) is 0 Å². The van der Waals surface area contributed by atoms with E-state index in [9.17, 15) is 8.78 Å². The van der Waals surface area contributed by atoms with Crippen LogP contribution >= 0.6 is 11.5 Å². The molecular weight excluding hydrogens is 268 g/mol. The summed E-state index contributed by atoms with van der Waals surface area (Å²) in [6.07, 6.45) is 0.684. The van der Waals surface area contributed by atoms with E-state index < -0.39 is 17.7 Å². The van der Waals surface area contributed by atoms with E-state index in [1.54, 1.807) is 0 Å². The van der Waals surface area contributed by atoms with Gasteiger partial charge in [-0.25, -0.2) is 8.78 Å². The van der Waals surface area contributed by atoms with E-state index in [2.05, 4.69) is 14.9 Å². The normalized spacial score (nSPS) is 12.6. The van der Waals surface area contributed by atoms with E-state index in [1.165, 1.54) is 29.7 Å². The zero-order chi connectivity index (χ0) is 13.8. The van der Waals surface area contributed by atoms with Crippen molar-refractivity contribution in [1.29, 1.82) is 0 Å². The van der Waals surface area contributed by atoms with Crippen LogP contribution in [0.25, 0.3) is 0 Å². The number of aromatic nitrogens is 2. The lowest BCUT2D eigenvalue weighted by Crippen LogP contribution is -2.24. The first-order valence-corrected chi connectivity index (χ1v) is 6.94. The van der Waals surface area contributed by atoms with Crippen molar-refractivity contribution in [3.63, 3.8) is 0 Å². The molecule has 0 amide bonds. The Kier molecular flexibility index (Phi) is 4.55. The van der Waals surface area contributed by atoms with Gasteiger partial charge in [0.25, 0.3) is 0 Å². The van der Waals surface area contributed by atoms with Crippen LogP contribution in [0.4, 0.5) is 8.78 Å². The maximum atomic E-state index is 13.9. The molecule has 0 aliphatic carbocycles. The van der Waals surface area contributed by atoms with E-state index >= 15 is 0 Å². The third-order valence-electron chi connectivity index (χ3n) is 2.88. The minimum absolute atomic E-state index is 0.0325. The summed E-state index contributed by atoms with van der Waals surface area (Å²) in [5.74, 6) is -1.11. The Hall–Kier alpha value is -1.40. The molecule has 0 bridgehead atoms. The van der Waals surface area contributed by atoms with Crippen molar-refractivity contribution in [3.05, 3.63) is 46.0 Å². The van der Waals surface area contributed by atoms with E-state index in [4.69, 9.17) is 0 Å². The monoisotopic (exact) mass is 283 g/mol. The van der Waals surface area contributed by atoms with Gasteiger partial charge < -0.3 is 5.32 Å². The fourth-order valence-corrected chi connectivity index (χ4v) is 2.82. The quantitative estimate of drug-likeness (QED) is 0.916. The summed E-state index contributed by atoms with van der Waals surface area (Å²) in [6, 6.07) is 3.36. The Balaban J connectivity index is 2.52. The minimum Gasteiger partial charge on any atom is -0.306 e. The Bertz CT molecular complexity index is 536. The highest BCUT2D eigenvalue weighted by Gasteiger charge is 2.25. The van der Waals surface area contributed by atoms with Gasteiger partial charge in [-0.2, -0.15) is 0 Å². The second-order valence-electron chi connectivity index (χ2n) is 4.06. The van der Waals surface area contributed by atoms with Crippen molar-refractivity contribution in [2.75, 3.05) is 6.54 Å². The van der Waals surface area contributed by atoms with Crippen molar-refractivity contribution in [1.82, 2.24) is 14.9 Å². The predicted octanol–water partition coefficient (Wildman–Crippen LogP) is 3.08. The number of rotatable bonds is 5. The number of halogens is 2. The van der Waals surface area contributed by atoms with Gasteiger partial charge in [-0.05, 0) is 36.6 Å². The summed E-state index contributed by atoms with van der Waals surface area (Å²) in [7, 11) is 0. The van der Waals surface area contributed by atoms with Gasteiger partial charge >= 0.3 is 0 Å². The molecule has 1 unspecified atom stereocenters. The van der Waals surface area contributed by atoms with Gasteiger partial charge in [0.05, 0.1) is 16.6 Å². The second-order valence-corrected chi connectivity index (χ2v) is 4.85. The van der Waals surface area contributed by atoms with E-state index in [-0.39, 0.29) is 5.56 Å². The van der Waals surface area contributed by atoms with Crippen LogP contribution in [0, 0.1) is 11.6 Å². The maximum absolute atomic E-state index is 13.9. The first-order valence-electron chi connectivity index (χ1n) is 6.17. The van der Waals surface area contributed by atoms with Gasteiger partial charge in [0.1, 0.15) is 11.6 Å². The topological polar surface area (TPSA) is 37.8 Å². The maximum Gasteiger partial charge on any atom is 0.131 e. The summed E-state index contributed by atoms with van der Waals surface area (Å²) < 4.78 is 31.8. The van der Waals surface area contributed by atoms with E-state index in [0.717, 1.165) is 10.6 Å². The fraction of sp³-hybridized carbons (Fsp3) is 0.385. The summed E-state index contributed by atoms with van der Waals surface area (Å²) in [4.78, 5) is 0.772. The standard InChI is InChI=1S/C13H15F2N3S/c1-3-10-13(19-18-17-10)12(16-4-2)11-8(14)6-5-7-9(11)15/h5-7,12,16H,3-4H2,1-2H3. The Morgan fingerprint density at radius 3 is 2.53 bits per heavy atom. The van der Waals surface area contributed by atoms with Crippen molar-refractivity contribution in [2.24, 2.45) is 0 Å². The van der Waals surface area contributed by atoms with Crippen molar-refractivity contribution in [3.8, 4) is 0 Å². The summed E-state index contributed by atoms with van der Waals surface area (Å²) in [5.41, 5.74) is 0.809. The van der Waals surface area contributed by atoms with Gasteiger partial charge in [-0.1, -0.05) is 24.4 Å². The molecule has 2 rings (SSSR count). The number of hydrogen-bond acceptors (Lipinski definition) is 4. The highest BCUT2D eigenvalue weighted by molar-refractivity contribution is 7.05. The SMILES string of the molecule is CCNC(c1snnc1CC)c1c(F)cccc1F. The molecule has 0 saturated carbocycles. The lowest BCUT2D eigenvalue weighted by atomic mass is 10.0. The van der Waals surface area contributed by atoms with Crippen molar-refractivity contribution >= 4 is 11.5 Å². The average Bonchev–Trinajstić information content (AvgIpc) is 2.85. The van der Waals surface area contributed by atoms with E-state index in [1.807, 2.05) is 13.8 Å². The van der Waals surface area contributed by atoms with Crippen LogP contribution in [-0.4, -0.2) is 16.1 Å². The smallest absolute Gasteiger partial charge is 0.131 e. The van der Waals surface area contributed by atoms with Crippen LogP contribution in [0.15, 0.2) is 18.2 Å². The first kappa shape index (κ1) is 14.0. The third kappa shape index (κ3) is 2.79. The number of benzene rings is 1. The predicted molar refractivity (Wildman–Crippen MR) is 71.2 cm³/mol. The first-order chi connectivity index (χ1) is 9.19. The molecule has 2 aromatic rings. The molecule has 1 atom stereocenters. The molecule has 6 heteroatoms. The van der Waals surface area contributed by atoms with Crippen LogP contribution in [0.1, 0.15) is 36.0 Å². The number of nitrogens with zero attached hydrogens (tertiary/aromatic N) is 2. The van der Waals surface area contributed by atoms with Crippen LogP contribution in [-0.2, 0) is 6.42 Å². The van der Waals surface area contributed by atoms with E-state index in [0.29, 0.717) is 13.0 Å². The number of aryl methyl sites for hydroxylation is 1. The largest absolute Gasteiger partial charge is 0.306 e. The van der Waals surface area contributed by atoms with Gasteiger partial charge in [-0.3, -0.25) is 0 Å². The minimum atomic E-state index is -0.554. The van der Waals surface area contributed by atoms with Crippen LogP contribution in [0.5, 0.6) is 0 Å². The molecule has 102 valence electrons. The van der Waals surface area contributed by atoms with Gasteiger partial charge in [0.15, 0.2) is 0 Å². The molecule has 19 heavy (non-hydrogen) atoms. The molecule has 1 heterocycles. The van der Waals surface area contributed by atoms with Crippen LogP contribution < -0.4 is 5.32 Å². The molecule has 3 nitrogen and oxygen atoms in total. The average molecular weight is 283 g/mol. The number of hydrogen-bond donors (Lipinski definition) is 1. The van der Waals surface area contributed by atoms with Gasteiger partial charge in [-0.15, -0.1) is 5.10 Å². The molecule has 0 radical (unpaired) electrons. The van der Waals surface area contributed by atoms with Crippen LogP contribution in [0.2, 0.25) is 0 Å². The summed E-state index contributed by atoms with van der Waals surface area (Å²) in [5, 5.41) is 7.11. The lowest BCUT2D eigenvalue weighted by molar-refractivity contribution is 0.512. The zero-order valence-electron chi connectivity index (χ0n) is 10.8. The molecule has 0 spiro atoms. The van der Waals surface area contributed by atoms with Crippen molar-refractivity contribution in [2.45, 2.75) is 26.3 Å². The zero-order valence-corrected chi connectivity index (χ0v) is 11.6. The van der Waals surface area contributed by atoms with Crippen LogP contribution in [0.3, 0.4) is 0 Å². The highest BCUT2D eigenvalue weighted by Crippen LogP contribution is 2.30. The lowest BCUT2D eigenvalue weighted by Gasteiger charge is -2.18. The molecule has 0 saturated heterocycles. The Labute approximate surface area is 114 Å². The molecule has 0 fully saturated rings. The van der Waals surface area contributed by atoms with Gasteiger partial charge in [0, 0.05) is 5.56 Å². The number of nitrogens with one attached hydrogen (secondary N) is 1. The molecule has 0 aliphatic heterocycles.